The average Bonchev–Trinajstić information content (AvgIpc) is 2.38. The third-order valence-corrected chi connectivity index (χ3v) is 3.42. The Morgan fingerprint density at radius 3 is 2.94 bits per heavy atom. The zero-order valence-corrected chi connectivity index (χ0v) is 10.3. The van der Waals surface area contributed by atoms with Gasteiger partial charge in [0, 0.05) is 29.7 Å². The minimum absolute atomic E-state index is 0.00272. The molecule has 0 saturated carbocycles. The first-order valence-corrected chi connectivity index (χ1v) is 6.20. The van der Waals surface area contributed by atoms with E-state index in [4.69, 9.17) is 0 Å². The molecule has 0 bridgehead atoms. The maximum absolute atomic E-state index is 9.44. The number of aliphatic hydroxyl groups is 2. The van der Waals surface area contributed by atoms with Crippen LogP contribution < -0.4 is 4.90 Å². The third-order valence-electron chi connectivity index (χ3n) is 3.42. The average molecular weight is 236 g/mol. The van der Waals surface area contributed by atoms with Crippen LogP contribution in [0.15, 0.2) is 12.3 Å². The van der Waals surface area contributed by atoms with Crippen molar-refractivity contribution in [3.8, 4) is 0 Å². The van der Waals surface area contributed by atoms with Gasteiger partial charge in [-0.05, 0) is 32.3 Å². The number of nitrogens with zero attached hydrogens (tertiary/aromatic N) is 2. The van der Waals surface area contributed by atoms with Crippen LogP contribution in [-0.2, 0) is 6.61 Å². The Labute approximate surface area is 102 Å². The van der Waals surface area contributed by atoms with Gasteiger partial charge in [-0.15, -0.1) is 0 Å². The van der Waals surface area contributed by atoms with Gasteiger partial charge in [0.15, 0.2) is 0 Å². The van der Waals surface area contributed by atoms with Crippen molar-refractivity contribution in [3.05, 3.63) is 23.5 Å². The fourth-order valence-electron chi connectivity index (χ4n) is 2.47. The quantitative estimate of drug-likeness (QED) is 0.829. The summed E-state index contributed by atoms with van der Waals surface area (Å²) < 4.78 is 0. The smallest absolute Gasteiger partial charge is 0.0717 e. The van der Waals surface area contributed by atoms with E-state index in [0.717, 1.165) is 36.3 Å². The Morgan fingerprint density at radius 1 is 1.41 bits per heavy atom. The highest BCUT2D eigenvalue weighted by Crippen LogP contribution is 2.28. The van der Waals surface area contributed by atoms with E-state index < -0.39 is 0 Å². The summed E-state index contributed by atoms with van der Waals surface area (Å²) in [4.78, 5) is 6.42. The number of aliphatic hydroxyl groups excluding tert-OH is 2. The van der Waals surface area contributed by atoms with Crippen molar-refractivity contribution in [3.63, 3.8) is 0 Å². The van der Waals surface area contributed by atoms with Crippen molar-refractivity contribution < 1.29 is 10.2 Å². The molecule has 1 aromatic heterocycles. The predicted octanol–water partition coefficient (Wildman–Crippen LogP) is 1.23. The second kappa shape index (κ2) is 5.47. The number of pyridine rings is 1. The molecule has 1 aliphatic rings. The Kier molecular flexibility index (Phi) is 3.97. The number of rotatable bonds is 3. The lowest BCUT2D eigenvalue weighted by Crippen LogP contribution is -2.42. The molecule has 0 radical (unpaired) electrons. The lowest BCUT2D eigenvalue weighted by atomic mass is 10.0. The molecule has 2 rings (SSSR count). The summed E-state index contributed by atoms with van der Waals surface area (Å²) in [7, 11) is 0. The van der Waals surface area contributed by atoms with Crippen LogP contribution in [0, 0.1) is 6.92 Å². The molecule has 0 spiro atoms. The monoisotopic (exact) mass is 236 g/mol. The highest BCUT2D eigenvalue weighted by Gasteiger charge is 2.23. The van der Waals surface area contributed by atoms with Gasteiger partial charge in [0.1, 0.15) is 0 Å². The van der Waals surface area contributed by atoms with E-state index in [1.54, 1.807) is 6.20 Å². The lowest BCUT2D eigenvalue weighted by molar-refractivity contribution is 0.238. The molecule has 0 aliphatic carbocycles. The van der Waals surface area contributed by atoms with Crippen molar-refractivity contribution in [1.29, 1.82) is 0 Å². The molecule has 4 heteroatoms. The van der Waals surface area contributed by atoms with Crippen LogP contribution in [0.25, 0.3) is 0 Å². The Bertz CT molecular complexity index is 382. The first-order valence-electron chi connectivity index (χ1n) is 6.20. The molecule has 17 heavy (non-hydrogen) atoms. The Hall–Kier alpha value is -1.13. The SMILES string of the molecule is Cc1cc(N2CCCCC2CO)c(CO)cn1. The summed E-state index contributed by atoms with van der Waals surface area (Å²) in [5.41, 5.74) is 2.81. The molecule has 0 amide bonds. The Balaban J connectivity index is 2.33. The Morgan fingerprint density at radius 2 is 2.24 bits per heavy atom. The summed E-state index contributed by atoms with van der Waals surface area (Å²) in [6, 6.07) is 2.18. The van der Waals surface area contributed by atoms with Crippen LogP contribution >= 0.6 is 0 Å². The van der Waals surface area contributed by atoms with Crippen LogP contribution in [0.3, 0.4) is 0 Å². The molecule has 2 N–H and O–H groups in total. The molecule has 1 fully saturated rings. The van der Waals surface area contributed by atoms with Crippen molar-refractivity contribution in [2.24, 2.45) is 0 Å². The molecule has 1 aromatic rings. The fourth-order valence-corrected chi connectivity index (χ4v) is 2.47. The van der Waals surface area contributed by atoms with Gasteiger partial charge in [0.25, 0.3) is 0 Å². The van der Waals surface area contributed by atoms with Crippen LogP contribution in [0.2, 0.25) is 0 Å². The fraction of sp³-hybridized carbons (Fsp3) is 0.615. The van der Waals surface area contributed by atoms with Crippen molar-refractivity contribution in [2.75, 3.05) is 18.1 Å². The largest absolute Gasteiger partial charge is 0.394 e. The standard InChI is InChI=1S/C13H20N2O2/c1-10-6-13(11(8-16)7-14-10)15-5-3-2-4-12(15)9-17/h6-7,12,16-17H,2-5,8-9H2,1H3. The molecular formula is C13H20N2O2. The zero-order valence-electron chi connectivity index (χ0n) is 10.3. The van der Waals surface area contributed by atoms with E-state index >= 15 is 0 Å². The van der Waals surface area contributed by atoms with E-state index in [1.165, 1.54) is 6.42 Å². The number of hydrogen-bond acceptors (Lipinski definition) is 4. The second-order valence-corrected chi connectivity index (χ2v) is 4.64. The summed E-state index contributed by atoms with van der Waals surface area (Å²) in [5, 5.41) is 18.8. The van der Waals surface area contributed by atoms with E-state index in [1.807, 2.05) is 13.0 Å². The van der Waals surface area contributed by atoms with Crippen molar-refractivity contribution in [1.82, 2.24) is 4.98 Å². The van der Waals surface area contributed by atoms with E-state index in [-0.39, 0.29) is 19.3 Å². The number of aromatic nitrogens is 1. The summed E-state index contributed by atoms with van der Waals surface area (Å²) in [6.45, 7) is 3.06. The van der Waals surface area contributed by atoms with Gasteiger partial charge in [-0.1, -0.05) is 0 Å². The molecule has 1 unspecified atom stereocenters. The first-order chi connectivity index (χ1) is 8.26. The molecule has 1 aliphatic heterocycles. The van der Waals surface area contributed by atoms with E-state index in [9.17, 15) is 10.2 Å². The van der Waals surface area contributed by atoms with Crippen molar-refractivity contribution in [2.45, 2.75) is 38.8 Å². The van der Waals surface area contributed by atoms with Crippen molar-refractivity contribution >= 4 is 5.69 Å². The number of aryl methyl sites for hydroxylation is 1. The molecule has 1 atom stereocenters. The molecule has 2 heterocycles. The molecular weight excluding hydrogens is 216 g/mol. The maximum atomic E-state index is 9.44. The van der Waals surface area contributed by atoms with Gasteiger partial charge >= 0.3 is 0 Å². The van der Waals surface area contributed by atoms with Crippen LogP contribution in [0.5, 0.6) is 0 Å². The second-order valence-electron chi connectivity index (χ2n) is 4.64. The highest BCUT2D eigenvalue weighted by atomic mass is 16.3. The third kappa shape index (κ3) is 2.58. The van der Waals surface area contributed by atoms with Gasteiger partial charge in [-0.3, -0.25) is 4.98 Å². The molecule has 4 nitrogen and oxygen atoms in total. The minimum Gasteiger partial charge on any atom is -0.394 e. The molecule has 1 saturated heterocycles. The lowest BCUT2D eigenvalue weighted by Gasteiger charge is -2.37. The topological polar surface area (TPSA) is 56.6 Å². The van der Waals surface area contributed by atoms with Gasteiger partial charge in [-0.25, -0.2) is 0 Å². The molecule has 94 valence electrons. The number of hydrogen-bond donors (Lipinski definition) is 2. The summed E-state index contributed by atoms with van der Waals surface area (Å²) in [5.74, 6) is 0. The normalized spacial score (nSPS) is 20.6. The predicted molar refractivity (Wildman–Crippen MR) is 67.0 cm³/mol. The number of anilines is 1. The van der Waals surface area contributed by atoms with Crippen LogP contribution in [0.1, 0.15) is 30.5 Å². The minimum atomic E-state index is -0.00272. The summed E-state index contributed by atoms with van der Waals surface area (Å²) in [6.07, 6.45) is 5.05. The van der Waals surface area contributed by atoms with Gasteiger partial charge < -0.3 is 15.1 Å². The number of piperidine rings is 1. The van der Waals surface area contributed by atoms with Gasteiger partial charge in [0.05, 0.1) is 19.3 Å². The van der Waals surface area contributed by atoms with Crippen LogP contribution in [0.4, 0.5) is 5.69 Å². The van der Waals surface area contributed by atoms with E-state index in [2.05, 4.69) is 9.88 Å². The maximum Gasteiger partial charge on any atom is 0.0717 e. The highest BCUT2D eigenvalue weighted by molar-refractivity contribution is 5.54. The van der Waals surface area contributed by atoms with Crippen LogP contribution in [-0.4, -0.2) is 34.4 Å². The molecule has 0 aromatic carbocycles. The summed E-state index contributed by atoms with van der Waals surface area (Å²) >= 11 is 0. The van der Waals surface area contributed by atoms with Gasteiger partial charge in [-0.2, -0.15) is 0 Å². The zero-order chi connectivity index (χ0) is 12.3. The van der Waals surface area contributed by atoms with Gasteiger partial charge in [0.2, 0.25) is 0 Å². The first kappa shape index (κ1) is 12.3. The van der Waals surface area contributed by atoms with E-state index in [0.29, 0.717) is 0 Å².